The number of halogens is 1. The summed E-state index contributed by atoms with van der Waals surface area (Å²) in [5.41, 5.74) is 1.38. The SMILES string of the molecule is O=C(Cl)c1ccoc1.O=C(O)c1oc2ccccc2c1C(=O)c1ccsc1. The summed E-state index contributed by atoms with van der Waals surface area (Å²) in [6.45, 7) is 0. The van der Waals surface area contributed by atoms with Crippen LogP contribution in [0.4, 0.5) is 0 Å². The second-order valence-corrected chi connectivity index (χ2v) is 6.36. The molecular formula is C19H11ClO6S. The molecule has 0 amide bonds. The van der Waals surface area contributed by atoms with Crippen molar-refractivity contribution in [2.24, 2.45) is 0 Å². The summed E-state index contributed by atoms with van der Waals surface area (Å²) in [5.74, 6) is -1.88. The number of carbonyl (C=O) groups is 3. The van der Waals surface area contributed by atoms with Crippen molar-refractivity contribution in [1.82, 2.24) is 0 Å². The van der Waals surface area contributed by atoms with E-state index in [1.165, 1.54) is 29.9 Å². The van der Waals surface area contributed by atoms with Gasteiger partial charge in [0.25, 0.3) is 5.24 Å². The lowest BCUT2D eigenvalue weighted by molar-refractivity contribution is 0.0660. The number of ketones is 1. The first-order chi connectivity index (χ1) is 13.0. The van der Waals surface area contributed by atoms with Crippen LogP contribution in [0.5, 0.6) is 0 Å². The molecule has 4 aromatic rings. The van der Waals surface area contributed by atoms with Crippen LogP contribution in [0, 0.1) is 0 Å². The zero-order valence-corrected chi connectivity index (χ0v) is 15.1. The van der Waals surface area contributed by atoms with E-state index >= 15 is 0 Å². The Morgan fingerprint density at radius 2 is 1.81 bits per heavy atom. The lowest BCUT2D eigenvalue weighted by atomic mass is 10.0. The molecule has 1 N–H and O–H groups in total. The van der Waals surface area contributed by atoms with E-state index in [0.717, 1.165) is 0 Å². The summed E-state index contributed by atoms with van der Waals surface area (Å²) in [4.78, 5) is 33.8. The molecule has 27 heavy (non-hydrogen) atoms. The Balaban J connectivity index is 0.000000221. The standard InChI is InChI=1S/C14H8O4S.C5H3ClO2/c15-12(8-5-6-19-7-8)11-9-3-1-2-4-10(9)18-13(11)14(16)17;6-5(7)4-1-2-8-3-4/h1-7H,(H,16,17);1-3H. The van der Waals surface area contributed by atoms with Gasteiger partial charge in [-0.15, -0.1) is 0 Å². The molecule has 0 spiro atoms. The van der Waals surface area contributed by atoms with Crippen LogP contribution in [0.25, 0.3) is 11.0 Å². The van der Waals surface area contributed by atoms with Crippen LogP contribution in [0.15, 0.2) is 68.5 Å². The quantitative estimate of drug-likeness (QED) is 0.377. The van der Waals surface area contributed by atoms with Crippen molar-refractivity contribution in [2.75, 3.05) is 0 Å². The largest absolute Gasteiger partial charge is 0.475 e. The van der Waals surface area contributed by atoms with E-state index in [4.69, 9.17) is 21.1 Å². The highest BCUT2D eigenvalue weighted by Crippen LogP contribution is 2.28. The molecule has 0 aliphatic rings. The van der Waals surface area contributed by atoms with Gasteiger partial charge in [0.2, 0.25) is 5.76 Å². The smallest absolute Gasteiger partial charge is 0.372 e. The molecule has 0 fully saturated rings. The number of carboxylic acid groups (broad SMARTS) is 1. The molecule has 3 heterocycles. The maximum Gasteiger partial charge on any atom is 0.372 e. The summed E-state index contributed by atoms with van der Waals surface area (Å²) < 4.78 is 9.83. The van der Waals surface area contributed by atoms with Crippen molar-refractivity contribution in [3.63, 3.8) is 0 Å². The highest BCUT2D eigenvalue weighted by atomic mass is 35.5. The Kier molecular flexibility index (Phi) is 5.54. The van der Waals surface area contributed by atoms with E-state index in [1.54, 1.807) is 41.1 Å². The number of carboxylic acids is 1. The third-order valence-corrected chi connectivity index (χ3v) is 4.45. The Labute approximate surface area is 161 Å². The minimum Gasteiger partial charge on any atom is -0.475 e. The number of fused-ring (bicyclic) bond motifs is 1. The highest BCUT2D eigenvalue weighted by Gasteiger charge is 2.26. The number of rotatable bonds is 4. The van der Waals surface area contributed by atoms with Crippen LogP contribution in [-0.4, -0.2) is 22.1 Å². The topological polar surface area (TPSA) is 97.7 Å². The van der Waals surface area contributed by atoms with Gasteiger partial charge in [0.1, 0.15) is 11.8 Å². The zero-order valence-electron chi connectivity index (χ0n) is 13.5. The Hall–Kier alpha value is -3.16. The number of hydrogen-bond donors (Lipinski definition) is 1. The summed E-state index contributed by atoms with van der Waals surface area (Å²) in [6.07, 6.45) is 2.70. The van der Waals surface area contributed by atoms with E-state index in [2.05, 4.69) is 4.42 Å². The van der Waals surface area contributed by atoms with Crippen molar-refractivity contribution in [1.29, 1.82) is 0 Å². The van der Waals surface area contributed by atoms with Crippen molar-refractivity contribution >= 4 is 50.9 Å². The first-order valence-electron chi connectivity index (χ1n) is 7.52. The van der Waals surface area contributed by atoms with E-state index < -0.39 is 11.2 Å². The third-order valence-electron chi connectivity index (χ3n) is 3.55. The summed E-state index contributed by atoms with van der Waals surface area (Å²) in [6, 6.07) is 9.98. The second kappa shape index (κ2) is 8.03. The monoisotopic (exact) mass is 402 g/mol. The number of para-hydroxylation sites is 1. The number of aromatic carboxylic acids is 1. The van der Waals surface area contributed by atoms with Gasteiger partial charge in [-0.1, -0.05) is 18.2 Å². The normalized spacial score (nSPS) is 10.3. The summed E-state index contributed by atoms with van der Waals surface area (Å²) >= 11 is 6.43. The van der Waals surface area contributed by atoms with Crippen LogP contribution in [0.3, 0.4) is 0 Å². The summed E-state index contributed by atoms with van der Waals surface area (Å²) in [7, 11) is 0. The number of benzene rings is 1. The minimum absolute atomic E-state index is 0.113. The highest BCUT2D eigenvalue weighted by molar-refractivity contribution is 7.08. The Morgan fingerprint density at radius 3 is 2.37 bits per heavy atom. The first kappa shape index (κ1) is 18.6. The molecule has 0 saturated heterocycles. The molecule has 0 unspecified atom stereocenters. The fourth-order valence-corrected chi connectivity index (χ4v) is 3.08. The fraction of sp³-hybridized carbons (Fsp3) is 0. The molecule has 0 aliphatic heterocycles. The minimum atomic E-state index is -1.24. The average Bonchev–Trinajstić information content (AvgIpc) is 3.41. The van der Waals surface area contributed by atoms with Gasteiger partial charge in [0.05, 0.1) is 17.4 Å². The first-order valence-corrected chi connectivity index (χ1v) is 8.85. The van der Waals surface area contributed by atoms with Gasteiger partial charge in [-0.2, -0.15) is 11.3 Å². The molecule has 1 aromatic carbocycles. The maximum absolute atomic E-state index is 12.4. The van der Waals surface area contributed by atoms with Gasteiger partial charge in [-0.3, -0.25) is 9.59 Å². The van der Waals surface area contributed by atoms with E-state index in [9.17, 15) is 14.4 Å². The second-order valence-electron chi connectivity index (χ2n) is 5.23. The van der Waals surface area contributed by atoms with Crippen LogP contribution >= 0.6 is 22.9 Å². The van der Waals surface area contributed by atoms with Gasteiger partial charge in [0, 0.05) is 16.3 Å². The molecule has 4 rings (SSSR count). The van der Waals surface area contributed by atoms with Crippen molar-refractivity contribution in [3.05, 3.63) is 82.1 Å². The lowest BCUT2D eigenvalue weighted by Gasteiger charge is -1.97. The number of thiophene rings is 1. The molecular weight excluding hydrogens is 392 g/mol. The van der Waals surface area contributed by atoms with Gasteiger partial charge in [0.15, 0.2) is 5.78 Å². The van der Waals surface area contributed by atoms with Crippen LogP contribution < -0.4 is 0 Å². The molecule has 0 radical (unpaired) electrons. The number of hydrogen-bond acceptors (Lipinski definition) is 6. The molecule has 3 aromatic heterocycles. The van der Waals surface area contributed by atoms with E-state index in [-0.39, 0.29) is 17.1 Å². The fourth-order valence-electron chi connectivity index (χ4n) is 2.34. The molecule has 0 atom stereocenters. The van der Waals surface area contributed by atoms with Crippen molar-refractivity contribution in [3.8, 4) is 0 Å². The number of carbonyl (C=O) groups excluding carboxylic acids is 2. The molecule has 0 bridgehead atoms. The van der Waals surface area contributed by atoms with Crippen LogP contribution in [0.1, 0.15) is 36.8 Å². The number of furan rings is 2. The van der Waals surface area contributed by atoms with Crippen molar-refractivity contribution in [2.45, 2.75) is 0 Å². The molecule has 0 aliphatic carbocycles. The van der Waals surface area contributed by atoms with Crippen LogP contribution in [0.2, 0.25) is 0 Å². The lowest BCUT2D eigenvalue weighted by Crippen LogP contribution is -2.06. The molecule has 8 heteroatoms. The van der Waals surface area contributed by atoms with Gasteiger partial charge >= 0.3 is 5.97 Å². The van der Waals surface area contributed by atoms with Gasteiger partial charge < -0.3 is 13.9 Å². The van der Waals surface area contributed by atoms with Gasteiger partial charge in [-0.25, -0.2) is 4.79 Å². The Bertz CT molecular complexity index is 1090. The van der Waals surface area contributed by atoms with Gasteiger partial charge in [-0.05, 0) is 35.2 Å². The zero-order chi connectivity index (χ0) is 19.4. The average molecular weight is 403 g/mol. The third kappa shape index (κ3) is 3.99. The van der Waals surface area contributed by atoms with E-state index in [0.29, 0.717) is 22.1 Å². The van der Waals surface area contributed by atoms with Crippen molar-refractivity contribution < 1.29 is 28.3 Å². The Morgan fingerprint density at radius 1 is 1.04 bits per heavy atom. The predicted octanol–water partition coefficient (Wildman–Crippen LogP) is 5.08. The van der Waals surface area contributed by atoms with E-state index in [1.807, 2.05) is 0 Å². The molecule has 136 valence electrons. The summed E-state index contributed by atoms with van der Waals surface area (Å²) in [5, 5.41) is 12.7. The molecule has 0 saturated carbocycles. The molecule has 6 nitrogen and oxygen atoms in total. The van der Waals surface area contributed by atoms with Crippen LogP contribution in [-0.2, 0) is 0 Å². The maximum atomic E-state index is 12.4. The predicted molar refractivity (Wildman–Crippen MR) is 99.8 cm³/mol.